The smallest absolute Gasteiger partial charge is 0.337 e. The van der Waals surface area contributed by atoms with Crippen molar-refractivity contribution in [3.63, 3.8) is 0 Å². The van der Waals surface area contributed by atoms with Gasteiger partial charge in [-0.25, -0.2) is 9.78 Å². The fourth-order valence-electron chi connectivity index (χ4n) is 1.64. The number of rotatable bonds is 3. The fourth-order valence-corrected chi connectivity index (χ4v) is 1.64. The van der Waals surface area contributed by atoms with E-state index in [4.69, 9.17) is 10.8 Å². The molecule has 0 aliphatic heterocycles. The van der Waals surface area contributed by atoms with Crippen molar-refractivity contribution in [2.24, 2.45) is 0 Å². The lowest BCUT2D eigenvalue weighted by atomic mass is 10.1. The van der Waals surface area contributed by atoms with Crippen LogP contribution in [0.1, 0.15) is 21.6 Å². The third kappa shape index (κ3) is 2.60. The summed E-state index contributed by atoms with van der Waals surface area (Å²) in [6.07, 6.45) is 0.466. The quantitative estimate of drug-likeness (QED) is 0.841. The van der Waals surface area contributed by atoms with E-state index in [9.17, 15) is 4.79 Å². The van der Waals surface area contributed by atoms with Crippen molar-refractivity contribution >= 4 is 11.8 Å². The lowest BCUT2D eigenvalue weighted by molar-refractivity contribution is 0.0695. The minimum atomic E-state index is -0.983. The molecule has 4 heteroatoms. The van der Waals surface area contributed by atoms with Crippen LogP contribution in [0, 0.1) is 0 Å². The summed E-state index contributed by atoms with van der Waals surface area (Å²) < 4.78 is 0. The van der Waals surface area contributed by atoms with Gasteiger partial charge >= 0.3 is 5.97 Å². The third-order valence-corrected chi connectivity index (χ3v) is 2.44. The van der Waals surface area contributed by atoms with Gasteiger partial charge in [0.05, 0.1) is 11.3 Å². The highest BCUT2D eigenvalue weighted by molar-refractivity contribution is 5.89. The number of anilines is 1. The van der Waals surface area contributed by atoms with E-state index in [-0.39, 0.29) is 5.56 Å². The Morgan fingerprint density at radius 3 is 2.53 bits per heavy atom. The minimum absolute atomic E-state index is 0.197. The standard InChI is InChI=1S/C13H12N2O2/c14-12-7-6-10(13(16)17)11(15-12)8-9-4-2-1-3-5-9/h1-7H,8H2,(H2,14,15)(H,16,17). The first-order chi connectivity index (χ1) is 8.16. The molecule has 0 spiro atoms. The maximum absolute atomic E-state index is 11.0. The molecular formula is C13H12N2O2. The molecule has 0 aliphatic rings. The zero-order valence-corrected chi connectivity index (χ0v) is 9.13. The largest absolute Gasteiger partial charge is 0.478 e. The van der Waals surface area contributed by atoms with Gasteiger partial charge < -0.3 is 10.8 Å². The van der Waals surface area contributed by atoms with E-state index in [1.807, 2.05) is 30.3 Å². The number of carbonyl (C=O) groups is 1. The number of hydrogen-bond donors (Lipinski definition) is 2. The Morgan fingerprint density at radius 2 is 1.88 bits per heavy atom. The predicted molar refractivity (Wildman–Crippen MR) is 64.9 cm³/mol. The summed E-state index contributed by atoms with van der Waals surface area (Å²) >= 11 is 0. The number of aromatic carboxylic acids is 1. The lowest BCUT2D eigenvalue weighted by Gasteiger charge is -2.06. The summed E-state index contributed by atoms with van der Waals surface area (Å²) in [5.74, 6) is -0.649. The molecule has 1 aromatic heterocycles. The molecule has 0 unspecified atom stereocenters. The Bertz CT molecular complexity index is 538. The average molecular weight is 228 g/mol. The second kappa shape index (κ2) is 4.65. The van der Waals surface area contributed by atoms with Gasteiger partial charge in [-0.2, -0.15) is 0 Å². The van der Waals surface area contributed by atoms with E-state index in [0.717, 1.165) is 5.56 Å². The van der Waals surface area contributed by atoms with Crippen molar-refractivity contribution in [1.82, 2.24) is 4.98 Å². The molecule has 0 amide bonds. The van der Waals surface area contributed by atoms with Crippen LogP contribution in [0.15, 0.2) is 42.5 Å². The molecule has 4 nitrogen and oxygen atoms in total. The molecule has 0 radical (unpaired) electrons. The number of hydrogen-bond acceptors (Lipinski definition) is 3. The van der Waals surface area contributed by atoms with Crippen LogP contribution < -0.4 is 5.73 Å². The van der Waals surface area contributed by atoms with Crippen molar-refractivity contribution in [2.45, 2.75) is 6.42 Å². The van der Waals surface area contributed by atoms with Crippen molar-refractivity contribution in [2.75, 3.05) is 5.73 Å². The summed E-state index contributed by atoms with van der Waals surface area (Å²) in [4.78, 5) is 15.1. The van der Waals surface area contributed by atoms with E-state index in [0.29, 0.717) is 17.9 Å². The van der Waals surface area contributed by atoms with Gasteiger partial charge in [0.15, 0.2) is 0 Å². The number of nitrogens with two attached hydrogens (primary N) is 1. The number of pyridine rings is 1. The second-order valence-corrected chi connectivity index (χ2v) is 3.70. The number of nitrogens with zero attached hydrogens (tertiary/aromatic N) is 1. The first-order valence-corrected chi connectivity index (χ1v) is 5.19. The molecular weight excluding hydrogens is 216 g/mol. The highest BCUT2D eigenvalue weighted by Gasteiger charge is 2.11. The van der Waals surface area contributed by atoms with Crippen molar-refractivity contribution in [3.05, 3.63) is 59.3 Å². The Balaban J connectivity index is 2.37. The van der Waals surface area contributed by atoms with Gasteiger partial charge in [0.2, 0.25) is 0 Å². The number of carboxylic acids is 1. The predicted octanol–water partition coefficient (Wildman–Crippen LogP) is 1.95. The van der Waals surface area contributed by atoms with Gasteiger partial charge in [0, 0.05) is 6.42 Å². The second-order valence-electron chi connectivity index (χ2n) is 3.70. The molecule has 3 N–H and O–H groups in total. The molecule has 0 saturated carbocycles. The van der Waals surface area contributed by atoms with Crippen LogP contribution in [0.5, 0.6) is 0 Å². The topological polar surface area (TPSA) is 76.2 Å². The average Bonchev–Trinajstić information content (AvgIpc) is 2.30. The van der Waals surface area contributed by atoms with E-state index in [1.54, 1.807) is 0 Å². The number of benzene rings is 1. The third-order valence-electron chi connectivity index (χ3n) is 2.44. The summed E-state index contributed by atoms with van der Waals surface area (Å²) in [5.41, 5.74) is 7.27. The maximum Gasteiger partial charge on any atom is 0.337 e. The minimum Gasteiger partial charge on any atom is -0.478 e. The Labute approximate surface area is 98.7 Å². The SMILES string of the molecule is Nc1ccc(C(=O)O)c(Cc2ccccc2)n1. The van der Waals surface area contributed by atoms with Crippen LogP contribution in [-0.2, 0) is 6.42 Å². The summed E-state index contributed by atoms with van der Waals surface area (Å²) in [6, 6.07) is 12.6. The van der Waals surface area contributed by atoms with E-state index >= 15 is 0 Å². The first-order valence-electron chi connectivity index (χ1n) is 5.19. The van der Waals surface area contributed by atoms with Gasteiger partial charge in [-0.15, -0.1) is 0 Å². The van der Waals surface area contributed by atoms with Gasteiger partial charge in [0.25, 0.3) is 0 Å². The molecule has 0 fully saturated rings. The monoisotopic (exact) mass is 228 g/mol. The molecule has 86 valence electrons. The highest BCUT2D eigenvalue weighted by Crippen LogP contribution is 2.14. The molecule has 0 atom stereocenters. The molecule has 0 bridgehead atoms. The maximum atomic E-state index is 11.0. The van der Waals surface area contributed by atoms with Gasteiger partial charge in [-0.1, -0.05) is 30.3 Å². The molecule has 1 aromatic carbocycles. The molecule has 17 heavy (non-hydrogen) atoms. The normalized spacial score (nSPS) is 10.1. The molecule has 1 heterocycles. The zero-order chi connectivity index (χ0) is 12.3. The van der Waals surface area contributed by atoms with Crippen molar-refractivity contribution in [1.29, 1.82) is 0 Å². The molecule has 2 rings (SSSR count). The van der Waals surface area contributed by atoms with Crippen LogP contribution in [0.25, 0.3) is 0 Å². The molecule has 0 aliphatic carbocycles. The van der Waals surface area contributed by atoms with Gasteiger partial charge in [0.1, 0.15) is 5.82 Å². The van der Waals surface area contributed by atoms with E-state index in [1.165, 1.54) is 12.1 Å². The zero-order valence-electron chi connectivity index (χ0n) is 9.13. The van der Waals surface area contributed by atoms with Gasteiger partial charge in [-0.05, 0) is 17.7 Å². The Morgan fingerprint density at radius 1 is 1.18 bits per heavy atom. The van der Waals surface area contributed by atoms with Gasteiger partial charge in [-0.3, -0.25) is 0 Å². The van der Waals surface area contributed by atoms with Crippen molar-refractivity contribution in [3.8, 4) is 0 Å². The number of carboxylic acid groups (broad SMARTS) is 1. The molecule has 0 saturated heterocycles. The van der Waals surface area contributed by atoms with Crippen molar-refractivity contribution < 1.29 is 9.90 Å². The van der Waals surface area contributed by atoms with E-state index in [2.05, 4.69) is 4.98 Å². The van der Waals surface area contributed by atoms with Crippen LogP contribution in [-0.4, -0.2) is 16.1 Å². The lowest BCUT2D eigenvalue weighted by Crippen LogP contribution is -2.07. The van der Waals surface area contributed by atoms with Crippen LogP contribution in [0.3, 0.4) is 0 Å². The summed E-state index contributed by atoms with van der Waals surface area (Å²) in [6.45, 7) is 0. The first kappa shape index (κ1) is 11.1. The number of nitrogen functional groups attached to an aromatic ring is 1. The van der Waals surface area contributed by atoms with Crippen LogP contribution in [0.2, 0.25) is 0 Å². The molecule has 2 aromatic rings. The van der Waals surface area contributed by atoms with E-state index < -0.39 is 5.97 Å². The highest BCUT2D eigenvalue weighted by atomic mass is 16.4. The fraction of sp³-hybridized carbons (Fsp3) is 0.0769. The van der Waals surface area contributed by atoms with Crippen LogP contribution in [0.4, 0.5) is 5.82 Å². The summed E-state index contributed by atoms with van der Waals surface area (Å²) in [7, 11) is 0. The summed E-state index contributed by atoms with van der Waals surface area (Å²) in [5, 5.41) is 9.05. The van der Waals surface area contributed by atoms with Crippen LogP contribution >= 0.6 is 0 Å². The Kier molecular flexibility index (Phi) is 3.05. The number of aromatic nitrogens is 1. The Hall–Kier alpha value is -2.36.